The topological polar surface area (TPSA) is 126 Å². The number of nitrogens with zero attached hydrogens (tertiary/aromatic N) is 3. The van der Waals surface area contributed by atoms with Crippen molar-refractivity contribution in [1.29, 1.82) is 0 Å². The van der Waals surface area contributed by atoms with Crippen LogP contribution in [0.4, 0.5) is 17.1 Å². The summed E-state index contributed by atoms with van der Waals surface area (Å²) in [6.45, 7) is 0. The maximum Gasteiger partial charge on any atom is 0.318 e. The molecule has 0 fully saturated rings. The van der Waals surface area contributed by atoms with Gasteiger partial charge in [-0.05, 0) is 76.1 Å². The number of methoxy groups -OCH3 is 1. The summed E-state index contributed by atoms with van der Waals surface area (Å²) in [7, 11) is 1.42. The molecule has 0 atom stereocenters. The Morgan fingerprint density at radius 1 is 0.811 bits per heavy atom. The van der Waals surface area contributed by atoms with Gasteiger partial charge in [-0.25, -0.2) is 0 Å². The Morgan fingerprint density at radius 2 is 1.51 bits per heavy atom. The molecule has 0 bridgehead atoms. The molecule has 0 aliphatic heterocycles. The molecule has 0 saturated heterocycles. The summed E-state index contributed by atoms with van der Waals surface area (Å²) in [6, 6.07) is 23.2. The van der Waals surface area contributed by atoms with E-state index in [1.165, 1.54) is 13.2 Å². The first kappa shape index (κ1) is 25.3. The van der Waals surface area contributed by atoms with Crippen molar-refractivity contribution in [3.05, 3.63) is 115 Å². The van der Waals surface area contributed by atoms with Gasteiger partial charge >= 0.3 is 5.69 Å². The quantitative estimate of drug-likeness (QED) is 0.116. The fourth-order valence-electron chi connectivity index (χ4n) is 3.25. The normalized spacial score (nSPS) is 10.8. The van der Waals surface area contributed by atoms with E-state index in [-0.39, 0.29) is 17.2 Å². The average molecular weight is 564 g/mol. The van der Waals surface area contributed by atoms with Gasteiger partial charge in [0, 0.05) is 12.3 Å². The average Bonchev–Trinajstić information content (AvgIpc) is 2.90. The lowest BCUT2D eigenvalue weighted by Gasteiger charge is -2.13. The molecule has 186 valence electrons. The fourth-order valence-corrected chi connectivity index (χ4v) is 3.79. The van der Waals surface area contributed by atoms with Gasteiger partial charge in [-0.3, -0.25) is 25.2 Å². The van der Waals surface area contributed by atoms with Gasteiger partial charge in [-0.1, -0.05) is 18.2 Å². The second-order valence-electron chi connectivity index (χ2n) is 7.47. The van der Waals surface area contributed by atoms with E-state index in [1.807, 2.05) is 54.6 Å². The van der Waals surface area contributed by atoms with Crippen LogP contribution in [0.5, 0.6) is 28.7 Å². The Morgan fingerprint density at radius 3 is 2.16 bits per heavy atom. The van der Waals surface area contributed by atoms with E-state index in [4.69, 9.17) is 14.2 Å². The molecule has 0 unspecified atom stereocenters. The van der Waals surface area contributed by atoms with Gasteiger partial charge in [0.15, 0.2) is 11.5 Å². The molecule has 0 N–H and O–H groups in total. The minimum Gasteiger partial charge on any atom is -0.493 e. The maximum absolute atomic E-state index is 11.4. The maximum atomic E-state index is 11.4. The highest BCUT2D eigenvalue weighted by molar-refractivity contribution is 9.10. The van der Waals surface area contributed by atoms with Crippen molar-refractivity contribution in [2.24, 2.45) is 4.99 Å². The molecule has 0 saturated carbocycles. The lowest BCUT2D eigenvalue weighted by atomic mass is 10.2. The van der Waals surface area contributed by atoms with Crippen molar-refractivity contribution in [1.82, 2.24) is 0 Å². The van der Waals surface area contributed by atoms with Gasteiger partial charge in [0.2, 0.25) is 5.75 Å². The predicted molar refractivity (Wildman–Crippen MR) is 141 cm³/mol. The van der Waals surface area contributed by atoms with Gasteiger partial charge in [0.05, 0.1) is 33.2 Å². The van der Waals surface area contributed by atoms with E-state index in [0.717, 1.165) is 17.9 Å². The molecule has 10 nitrogen and oxygen atoms in total. The van der Waals surface area contributed by atoms with Crippen LogP contribution in [0.15, 0.2) is 94.4 Å². The molecular weight excluding hydrogens is 546 g/mol. The zero-order valence-electron chi connectivity index (χ0n) is 19.2. The monoisotopic (exact) mass is 563 g/mol. The number of para-hydroxylation sites is 1. The summed E-state index contributed by atoms with van der Waals surface area (Å²) in [6.07, 6.45) is 1.62. The summed E-state index contributed by atoms with van der Waals surface area (Å²) in [5, 5.41) is 22.4. The van der Waals surface area contributed by atoms with Gasteiger partial charge in [-0.2, -0.15) is 0 Å². The van der Waals surface area contributed by atoms with E-state index in [9.17, 15) is 20.2 Å². The lowest BCUT2D eigenvalue weighted by Crippen LogP contribution is -1.98. The van der Waals surface area contributed by atoms with Crippen LogP contribution < -0.4 is 14.2 Å². The van der Waals surface area contributed by atoms with Gasteiger partial charge in [0.1, 0.15) is 11.5 Å². The van der Waals surface area contributed by atoms with Crippen LogP contribution in [0.25, 0.3) is 0 Å². The molecule has 0 spiro atoms. The second-order valence-corrected chi connectivity index (χ2v) is 8.32. The second kappa shape index (κ2) is 11.3. The Bertz CT molecular complexity index is 1480. The molecule has 0 aliphatic rings. The van der Waals surface area contributed by atoms with E-state index in [0.29, 0.717) is 21.5 Å². The summed E-state index contributed by atoms with van der Waals surface area (Å²) in [5.41, 5.74) is 0.390. The molecule has 4 aromatic rings. The Labute approximate surface area is 219 Å². The number of halogens is 1. The molecule has 4 aromatic carbocycles. The Balaban J connectivity index is 1.54. The number of benzene rings is 4. The highest BCUT2D eigenvalue weighted by Crippen LogP contribution is 2.42. The molecule has 0 aliphatic carbocycles. The van der Waals surface area contributed by atoms with Crippen molar-refractivity contribution in [2.75, 3.05) is 7.11 Å². The van der Waals surface area contributed by atoms with Crippen LogP contribution >= 0.6 is 15.9 Å². The first-order valence-corrected chi connectivity index (χ1v) is 11.5. The number of hydrogen-bond acceptors (Lipinski definition) is 8. The van der Waals surface area contributed by atoms with Gasteiger partial charge in [-0.15, -0.1) is 0 Å². The first-order valence-electron chi connectivity index (χ1n) is 10.7. The summed E-state index contributed by atoms with van der Waals surface area (Å²) >= 11 is 3.40. The van der Waals surface area contributed by atoms with E-state index in [1.54, 1.807) is 18.3 Å². The SMILES string of the molecule is COc1cc(C=Nc2ccc(Oc3ccccc3)cc2)cc(Br)c1Oc1ccc([N+](=O)[O-])cc1[N+](=O)[O-]. The zero-order valence-corrected chi connectivity index (χ0v) is 20.8. The van der Waals surface area contributed by atoms with Crippen molar-refractivity contribution in [3.63, 3.8) is 0 Å². The van der Waals surface area contributed by atoms with Crippen LogP contribution in [0.2, 0.25) is 0 Å². The number of non-ortho nitro benzene ring substituents is 1. The molecule has 0 amide bonds. The van der Waals surface area contributed by atoms with Crippen molar-refractivity contribution in [2.45, 2.75) is 0 Å². The van der Waals surface area contributed by atoms with Crippen molar-refractivity contribution < 1.29 is 24.1 Å². The van der Waals surface area contributed by atoms with Crippen LogP contribution in [0.1, 0.15) is 5.56 Å². The standard InChI is InChI=1S/C26H18BrN3O7/c1-35-25-14-17(16-28-18-7-10-21(11-8-18)36-20-5-3-2-4-6-20)13-22(27)26(25)37-24-12-9-19(29(31)32)15-23(24)30(33)34/h2-16H,1H3. The summed E-state index contributed by atoms with van der Waals surface area (Å²) < 4.78 is 17.4. The number of nitro benzene ring substituents is 2. The fraction of sp³-hybridized carbons (Fsp3) is 0.0385. The zero-order chi connectivity index (χ0) is 26.4. The number of rotatable bonds is 9. The van der Waals surface area contributed by atoms with Crippen molar-refractivity contribution in [3.8, 4) is 28.7 Å². The van der Waals surface area contributed by atoms with E-state index in [2.05, 4.69) is 20.9 Å². The third-order valence-corrected chi connectivity index (χ3v) is 5.58. The number of ether oxygens (including phenoxy) is 3. The minimum atomic E-state index is -0.750. The van der Waals surface area contributed by atoms with Crippen LogP contribution in [0.3, 0.4) is 0 Å². The molecule has 37 heavy (non-hydrogen) atoms. The predicted octanol–water partition coefficient (Wildman–Crippen LogP) is 7.61. The Hall–Kier alpha value is -4.77. The first-order chi connectivity index (χ1) is 17.8. The highest BCUT2D eigenvalue weighted by atomic mass is 79.9. The number of hydrogen-bond donors (Lipinski definition) is 0. The lowest BCUT2D eigenvalue weighted by molar-refractivity contribution is -0.394. The summed E-state index contributed by atoms with van der Waals surface area (Å²) in [4.78, 5) is 25.4. The minimum absolute atomic E-state index is 0.166. The van der Waals surface area contributed by atoms with Gasteiger partial charge < -0.3 is 14.2 Å². The molecule has 4 rings (SSSR count). The van der Waals surface area contributed by atoms with Crippen LogP contribution in [-0.2, 0) is 0 Å². The molecule has 0 radical (unpaired) electrons. The highest BCUT2D eigenvalue weighted by Gasteiger charge is 2.23. The van der Waals surface area contributed by atoms with E-state index < -0.39 is 21.2 Å². The largest absolute Gasteiger partial charge is 0.493 e. The smallest absolute Gasteiger partial charge is 0.318 e. The van der Waals surface area contributed by atoms with E-state index >= 15 is 0 Å². The third kappa shape index (κ3) is 6.27. The number of nitro groups is 2. The molecule has 0 heterocycles. The third-order valence-electron chi connectivity index (χ3n) is 4.99. The van der Waals surface area contributed by atoms with Crippen LogP contribution in [0, 0.1) is 20.2 Å². The van der Waals surface area contributed by atoms with Crippen molar-refractivity contribution >= 4 is 39.2 Å². The summed E-state index contributed by atoms with van der Waals surface area (Å²) in [5.74, 6) is 1.68. The van der Waals surface area contributed by atoms with Gasteiger partial charge in [0.25, 0.3) is 5.69 Å². The molecule has 0 aromatic heterocycles. The van der Waals surface area contributed by atoms with Crippen LogP contribution in [-0.4, -0.2) is 23.2 Å². The Kier molecular flexibility index (Phi) is 7.74. The number of aliphatic imine (C=N–C) groups is 1. The molecular formula is C26H18BrN3O7. The molecule has 11 heteroatoms.